The Labute approximate surface area is 247 Å². The molecular weight excluding hydrogens is 520 g/mol. The maximum absolute atomic E-state index is 13.3. The molecule has 40 heavy (non-hydrogen) atoms. The molecule has 2 aromatic rings. The first-order chi connectivity index (χ1) is 18.5. The van der Waals surface area contributed by atoms with Gasteiger partial charge in [0, 0.05) is 37.7 Å². The number of aliphatic hydroxyl groups is 1. The lowest BCUT2D eigenvalue weighted by molar-refractivity contribution is -0.133. The van der Waals surface area contributed by atoms with Gasteiger partial charge in [0.1, 0.15) is 11.5 Å². The first-order valence-corrected chi connectivity index (χ1v) is 14.4. The lowest BCUT2D eigenvalue weighted by atomic mass is 9.80. The number of aliphatic hydroxyl groups excluding tert-OH is 1. The average Bonchev–Trinajstić information content (AvgIpc) is 2.95. The Bertz CT molecular complexity index is 1110. The molecule has 8 heteroatoms. The summed E-state index contributed by atoms with van der Waals surface area (Å²) in [6, 6.07) is 16.2. The van der Waals surface area contributed by atoms with Gasteiger partial charge in [0.15, 0.2) is 5.96 Å². The van der Waals surface area contributed by atoms with E-state index in [2.05, 4.69) is 11.0 Å². The molecular formula is C32H48N4O3S. The number of carbonyl (C=O) groups is 1. The maximum Gasteiger partial charge on any atom is 0.222 e. The van der Waals surface area contributed by atoms with Crippen LogP contribution in [0.4, 0.5) is 5.69 Å². The van der Waals surface area contributed by atoms with Crippen LogP contribution in [0.5, 0.6) is 11.5 Å². The van der Waals surface area contributed by atoms with Crippen LogP contribution in [-0.2, 0) is 11.3 Å². The number of guanidine groups is 1. The van der Waals surface area contributed by atoms with Crippen molar-refractivity contribution >= 4 is 31.0 Å². The minimum absolute atomic E-state index is 0. The van der Waals surface area contributed by atoms with Crippen LogP contribution in [0.1, 0.15) is 83.6 Å². The topological polar surface area (TPSA) is 91.4 Å². The molecule has 0 radical (unpaired) electrons. The van der Waals surface area contributed by atoms with E-state index in [-0.39, 0.29) is 39.0 Å². The Morgan fingerprint density at radius 3 is 2.45 bits per heavy atom. The van der Waals surface area contributed by atoms with Gasteiger partial charge in [-0.25, -0.2) is 4.99 Å². The van der Waals surface area contributed by atoms with Crippen molar-refractivity contribution in [2.24, 2.45) is 16.6 Å². The number of fused-ring (bicyclic) bond motifs is 1. The molecule has 0 bridgehead atoms. The number of aliphatic imine (C=N–C) groups is 1. The van der Waals surface area contributed by atoms with Crippen LogP contribution >= 0.6 is 13.5 Å². The molecule has 7 nitrogen and oxygen atoms in total. The maximum atomic E-state index is 13.3. The molecule has 3 N–H and O–H groups in total. The zero-order chi connectivity index (χ0) is 26.5. The van der Waals surface area contributed by atoms with Crippen molar-refractivity contribution in [3.63, 3.8) is 0 Å². The first kappa shape index (κ1) is 31.8. The van der Waals surface area contributed by atoms with Crippen molar-refractivity contribution in [3.05, 3.63) is 54.1 Å². The molecule has 0 saturated heterocycles. The minimum atomic E-state index is -0.225. The van der Waals surface area contributed by atoms with Crippen LogP contribution in [0, 0.1) is 5.92 Å². The van der Waals surface area contributed by atoms with Gasteiger partial charge >= 0.3 is 0 Å². The van der Waals surface area contributed by atoms with Crippen LogP contribution < -0.4 is 10.5 Å². The van der Waals surface area contributed by atoms with Crippen molar-refractivity contribution in [1.82, 2.24) is 9.80 Å². The van der Waals surface area contributed by atoms with E-state index >= 15 is 0 Å². The van der Waals surface area contributed by atoms with E-state index in [0.29, 0.717) is 30.9 Å². The summed E-state index contributed by atoms with van der Waals surface area (Å²) in [7, 11) is 1.98. The van der Waals surface area contributed by atoms with Gasteiger partial charge in [0.25, 0.3) is 0 Å². The predicted molar refractivity (Wildman–Crippen MR) is 168 cm³/mol. The van der Waals surface area contributed by atoms with Gasteiger partial charge < -0.3 is 25.4 Å². The molecule has 2 fully saturated rings. The molecule has 2 saturated carbocycles. The lowest BCUT2D eigenvalue weighted by Gasteiger charge is -2.42. The van der Waals surface area contributed by atoms with Gasteiger partial charge in [0.2, 0.25) is 5.91 Å². The summed E-state index contributed by atoms with van der Waals surface area (Å²) >= 11 is 0. The van der Waals surface area contributed by atoms with Gasteiger partial charge in [-0.05, 0) is 81.2 Å². The number of nitrogens with zero attached hydrogens (tertiary/aromatic N) is 3. The Kier molecular flexibility index (Phi) is 11.8. The van der Waals surface area contributed by atoms with E-state index in [9.17, 15) is 9.90 Å². The van der Waals surface area contributed by atoms with Crippen LogP contribution in [0.3, 0.4) is 0 Å². The number of nitrogens with two attached hydrogens (primary N) is 1. The lowest BCUT2D eigenvalue weighted by Crippen LogP contribution is -2.50. The third-order valence-corrected chi connectivity index (χ3v) is 8.76. The van der Waals surface area contributed by atoms with E-state index in [1.54, 1.807) is 0 Å². The molecule has 1 atom stereocenters. The molecule has 2 aliphatic carbocycles. The fraction of sp³-hybridized carbons (Fsp3) is 0.562. The molecule has 3 aliphatic rings. The van der Waals surface area contributed by atoms with Crippen molar-refractivity contribution in [2.45, 2.75) is 103 Å². The summed E-state index contributed by atoms with van der Waals surface area (Å²) in [6.07, 6.45) is 10.4. The number of para-hydroxylation sites is 1. The Morgan fingerprint density at radius 2 is 1.75 bits per heavy atom. The Hall–Kier alpha value is -2.71. The quantitative estimate of drug-likeness (QED) is 0.380. The van der Waals surface area contributed by atoms with Gasteiger partial charge in [-0.1, -0.05) is 44.9 Å². The third-order valence-electron chi connectivity index (χ3n) is 8.76. The monoisotopic (exact) mass is 568 g/mol. The van der Waals surface area contributed by atoms with Crippen LogP contribution in [0.15, 0.2) is 53.5 Å². The highest BCUT2D eigenvalue weighted by Gasteiger charge is 2.35. The molecule has 5 rings (SSSR count). The average molecular weight is 569 g/mol. The number of carbonyl (C=O) groups excluding carboxylic acids is 1. The summed E-state index contributed by atoms with van der Waals surface area (Å²) in [5.74, 6) is 2.67. The SMILES string of the molecule is C.CN(C(=O)CC[C@@H](C1CCC(O)CC1)N1Cc2cc(Oc3ccccc3)ccc2N=C1N)C1CCCCC1.S. The van der Waals surface area contributed by atoms with Crippen LogP contribution in [0.2, 0.25) is 0 Å². The van der Waals surface area contributed by atoms with Crippen molar-refractivity contribution < 1.29 is 14.6 Å². The molecule has 1 aliphatic heterocycles. The predicted octanol–water partition coefficient (Wildman–Crippen LogP) is 6.48. The van der Waals surface area contributed by atoms with Crippen molar-refractivity contribution in [1.29, 1.82) is 0 Å². The highest BCUT2D eigenvalue weighted by molar-refractivity contribution is 7.59. The Morgan fingerprint density at radius 1 is 1.05 bits per heavy atom. The highest BCUT2D eigenvalue weighted by Crippen LogP contribution is 2.37. The molecule has 1 amide bonds. The van der Waals surface area contributed by atoms with E-state index in [0.717, 1.165) is 67.7 Å². The van der Waals surface area contributed by atoms with E-state index in [1.807, 2.05) is 54.4 Å². The van der Waals surface area contributed by atoms with Crippen LogP contribution in [0.25, 0.3) is 0 Å². The molecule has 220 valence electrons. The normalized spacial score (nSPS) is 21.6. The Balaban J connectivity index is 0.00000220. The van der Waals surface area contributed by atoms with E-state index in [4.69, 9.17) is 15.5 Å². The molecule has 2 aromatic carbocycles. The zero-order valence-electron chi connectivity index (χ0n) is 23.1. The molecule has 0 unspecified atom stereocenters. The summed E-state index contributed by atoms with van der Waals surface area (Å²) in [5, 5.41) is 10.2. The number of amides is 1. The van der Waals surface area contributed by atoms with E-state index in [1.165, 1.54) is 19.3 Å². The number of hydrogen-bond donors (Lipinski definition) is 2. The summed E-state index contributed by atoms with van der Waals surface area (Å²) in [5.41, 5.74) is 8.51. The largest absolute Gasteiger partial charge is 0.457 e. The standard InChI is InChI=1S/C31H42N4O3.CH4.H2S/c1-34(24-8-4-2-5-9-24)30(37)19-18-29(22-12-14-25(36)15-13-22)35-21-23-20-27(16-17-28(23)33-31(35)32)38-26-10-6-3-7-11-26;;/h3,6-7,10-11,16-17,20,22,24-25,29,36H,2,4-5,8-9,12-15,18-19,21H2,1H3,(H2,32,33);1H4;1H2/t22?,25?,29-;;/m0../s1. The van der Waals surface area contributed by atoms with Gasteiger partial charge in [-0.3, -0.25) is 4.79 Å². The smallest absolute Gasteiger partial charge is 0.222 e. The van der Waals surface area contributed by atoms with Crippen LogP contribution in [-0.4, -0.2) is 52.0 Å². The highest BCUT2D eigenvalue weighted by atomic mass is 32.1. The molecule has 1 heterocycles. The molecule has 0 aromatic heterocycles. The fourth-order valence-corrected chi connectivity index (χ4v) is 6.48. The minimum Gasteiger partial charge on any atom is -0.457 e. The number of hydrogen-bond acceptors (Lipinski definition) is 6. The number of ether oxygens (including phenoxy) is 1. The van der Waals surface area contributed by atoms with Gasteiger partial charge in [0.05, 0.1) is 11.8 Å². The second kappa shape index (κ2) is 14.8. The van der Waals surface area contributed by atoms with Crippen molar-refractivity contribution in [3.8, 4) is 11.5 Å². The summed E-state index contributed by atoms with van der Waals surface area (Å²) in [4.78, 5) is 22.2. The number of rotatable bonds is 8. The second-order valence-electron chi connectivity index (χ2n) is 11.3. The second-order valence-corrected chi connectivity index (χ2v) is 11.3. The summed E-state index contributed by atoms with van der Waals surface area (Å²) in [6.45, 7) is 0.632. The van der Waals surface area contributed by atoms with Gasteiger partial charge in [-0.15, -0.1) is 0 Å². The summed E-state index contributed by atoms with van der Waals surface area (Å²) < 4.78 is 6.08. The van der Waals surface area contributed by atoms with E-state index < -0.39 is 0 Å². The molecule has 0 spiro atoms. The first-order valence-electron chi connectivity index (χ1n) is 14.4. The van der Waals surface area contributed by atoms with Crippen molar-refractivity contribution in [2.75, 3.05) is 7.05 Å². The zero-order valence-corrected chi connectivity index (χ0v) is 24.1. The fourth-order valence-electron chi connectivity index (χ4n) is 6.48. The third kappa shape index (κ3) is 7.72. The number of benzene rings is 2. The van der Waals surface area contributed by atoms with Gasteiger partial charge in [-0.2, -0.15) is 13.5 Å².